The van der Waals surface area contributed by atoms with Gasteiger partial charge in [-0.3, -0.25) is 14.9 Å². The van der Waals surface area contributed by atoms with Crippen LogP contribution >= 0.6 is 15.9 Å². The Morgan fingerprint density at radius 3 is 2.52 bits per heavy atom. The van der Waals surface area contributed by atoms with E-state index in [2.05, 4.69) is 21.2 Å². The van der Waals surface area contributed by atoms with E-state index in [1.807, 2.05) is 13.8 Å². The molecule has 1 rings (SSSR count). The highest BCUT2D eigenvalue weighted by Crippen LogP contribution is 2.26. The van der Waals surface area contributed by atoms with E-state index in [9.17, 15) is 20.0 Å². The second-order valence-corrected chi connectivity index (χ2v) is 5.82. The van der Waals surface area contributed by atoms with Gasteiger partial charge in [0.15, 0.2) is 0 Å². The largest absolute Gasteiger partial charge is 0.396 e. The number of aliphatic hydroxyl groups is 1. The van der Waals surface area contributed by atoms with Gasteiger partial charge in [-0.15, -0.1) is 0 Å². The van der Waals surface area contributed by atoms with Crippen LogP contribution in [0.1, 0.15) is 37.0 Å². The molecule has 116 valence electrons. The Morgan fingerprint density at radius 2 is 2.05 bits per heavy atom. The number of aliphatic hydroxyl groups excluding tert-OH is 1. The summed E-state index contributed by atoms with van der Waals surface area (Å²) in [6.07, 6.45) is 1.47. The molecule has 0 aliphatic heterocycles. The fourth-order valence-corrected chi connectivity index (χ4v) is 2.37. The second kappa shape index (κ2) is 7.51. The number of nitrogens with one attached hydrogen (secondary N) is 1. The SMILES string of the molecule is CCC(CC)(CO)CNC(=O)c1cc([N+](=O)[O-])ccc1Br. The van der Waals surface area contributed by atoms with E-state index in [1.165, 1.54) is 18.2 Å². The minimum absolute atomic E-state index is 0.0175. The van der Waals surface area contributed by atoms with Crippen LogP contribution in [0.4, 0.5) is 5.69 Å². The van der Waals surface area contributed by atoms with Crippen molar-refractivity contribution in [3.63, 3.8) is 0 Å². The molecule has 0 radical (unpaired) electrons. The summed E-state index contributed by atoms with van der Waals surface area (Å²) >= 11 is 3.22. The summed E-state index contributed by atoms with van der Waals surface area (Å²) in [6.45, 7) is 4.21. The lowest BCUT2D eigenvalue weighted by Crippen LogP contribution is -2.39. The third kappa shape index (κ3) is 4.25. The van der Waals surface area contributed by atoms with Gasteiger partial charge in [-0.1, -0.05) is 13.8 Å². The summed E-state index contributed by atoms with van der Waals surface area (Å²) in [7, 11) is 0. The average molecular weight is 359 g/mol. The van der Waals surface area contributed by atoms with Crippen molar-refractivity contribution in [3.8, 4) is 0 Å². The van der Waals surface area contributed by atoms with Crippen LogP contribution in [0.2, 0.25) is 0 Å². The Morgan fingerprint density at radius 1 is 1.43 bits per heavy atom. The highest BCUT2D eigenvalue weighted by Gasteiger charge is 2.26. The maximum atomic E-state index is 12.2. The second-order valence-electron chi connectivity index (χ2n) is 4.97. The molecule has 0 heterocycles. The zero-order valence-electron chi connectivity index (χ0n) is 12.1. The number of hydrogen-bond donors (Lipinski definition) is 2. The first-order valence-corrected chi connectivity index (χ1v) is 7.51. The van der Waals surface area contributed by atoms with Gasteiger partial charge in [0.2, 0.25) is 0 Å². The molecule has 0 aromatic heterocycles. The smallest absolute Gasteiger partial charge is 0.270 e. The van der Waals surface area contributed by atoms with Gasteiger partial charge in [0, 0.05) is 28.6 Å². The van der Waals surface area contributed by atoms with Crippen LogP contribution in [0.25, 0.3) is 0 Å². The molecule has 21 heavy (non-hydrogen) atoms. The summed E-state index contributed by atoms with van der Waals surface area (Å²) in [5.41, 5.74) is -0.283. The summed E-state index contributed by atoms with van der Waals surface area (Å²) in [5.74, 6) is -0.398. The van der Waals surface area contributed by atoms with E-state index in [-0.39, 0.29) is 23.3 Å². The van der Waals surface area contributed by atoms with Crippen molar-refractivity contribution in [1.29, 1.82) is 0 Å². The number of carbonyl (C=O) groups is 1. The number of rotatable bonds is 7. The van der Waals surface area contributed by atoms with E-state index in [0.717, 1.165) is 12.8 Å². The number of hydrogen-bond acceptors (Lipinski definition) is 4. The minimum atomic E-state index is -0.542. The van der Waals surface area contributed by atoms with Crippen LogP contribution < -0.4 is 5.32 Å². The number of nitrogens with zero attached hydrogens (tertiary/aromatic N) is 1. The van der Waals surface area contributed by atoms with Gasteiger partial charge in [0.1, 0.15) is 0 Å². The zero-order valence-corrected chi connectivity index (χ0v) is 13.6. The molecular weight excluding hydrogens is 340 g/mol. The van der Waals surface area contributed by atoms with Crippen molar-refractivity contribution in [2.45, 2.75) is 26.7 Å². The van der Waals surface area contributed by atoms with Crippen LogP contribution in [0.15, 0.2) is 22.7 Å². The van der Waals surface area contributed by atoms with Crippen molar-refractivity contribution in [2.24, 2.45) is 5.41 Å². The first-order valence-electron chi connectivity index (χ1n) is 6.72. The molecule has 0 spiro atoms. The molecule has 0 aliphatic carbocycles. The Bertz CT molecular complexity index is 521. The van der Waals surface area contributed by atoms with Crippen molar-refractivity contribution in [3.05, 3.63) is 38.3 Å². The van der Waals surface area contributed by atoms with Gasteiger partial charge in [-0.2, -0.15) is 0 Å². The molecule has 7 heteroatoms. The molecule has 0 unspecified atom stereocenters. The standard InChI is InChI=1S/C14H19BrN2O4/c1-3-14(4-2,9-18)8-16-13(19)11-7-10(17(20)21)5-6-12(11)15/h5-7,18H,3-4,8-9H2,1-2H3,(H,16,19). The predicted molar refractivity (Wildman–Crippen MR) is 83.2 cm³/mol. The van der Waals surface area contributed by atoms with Gasteiger partial charge in [-0.25, -0.2) is 0 Å². The Hall–Kier alpha value is -1.47. The van der Waals surface area contributed by atoms with Gasteiger partial charge in [-0.05, 0) is 34.8 Å². The number of carbonyl (C=O) groups excluding carboxylic acids is 1. The van der Waals surface area contributed by atoms with Crippen molar-refractivity contribution in [2.75, 3.05) is 13.2 Å². The topological polar surface area (TPSA) is 92.5 Å². The first kappa shape index (κ1) is 17.6. The monoisotopic (exact) mass is 358 g/mol. The third-order valence-corrected chi connectivity index (χ3v) is 4.56. The van der Waals surface area contributed by atoms with Crippen LogP contribution in [0.5, 0.6) is 0 Å². The van der Waals surface area contributed by atoms with Crippen LogP contribution in [-0.4, -0.2) is 29.1 Å². The highest BCUT2D eigenvalue weighted by atomic mass is 79.9. The van der Waals surface area contributed by atoms with Gasteiger partial charge < -0.3 is 10.4 Å². The Balaban J connectivity index is 2.89. The highest BCUT2D eigenvalue weighted by molar-refractivity contribution is 9.10. The van der Waals surface area contributed by atoms with Crippen molar-refractivity contribution >= 4 is 27.5 Å². The first-order chi connectivity index (χ1) is 9.89. The van der Waals surface area contributed by atoms with Crippen LogP contribution in [0, 0.1) is 15.5 Å². The maximum absolute atomic E-state index is 12.2. The van der Waals surface area contributed by atoms with Gasteiger partial charge in [0.05, 0.1) is 17.1 Å². The maximum Gasteiger partial charge on any atom is 0.270 e. The van der Waals surface area contributed by atoms with E-state index in [1.54, 1.807) is 0 Å². The molecule has 1 aromatic rings. The minimum Gasteiger partial charge on any atom is -0.396 e. The molecule has 0 aliphatic rings. The summed E-state index contributed by atoms with van der Waals surface area (Å²) in [5, 5.41) is 23.0. The number of nitro benzene ring substituents is 1. The number of benzene rings is 1. The molecule has 1 aromatic carbocycles. The van der Waals surface area contributed by atoms with E-state index in [4.69, 9.17) is 0 Å². The lowest BCUT2D eigenvalue weighted by molar-refractivity contribution is -0.384. The molecule has 1 amide bonds. The van der Waals surface area contributed by atoms with Crippen molar-refractivity contribution in [1.82, 2.24) is 5.32 Å². The summed E-state index contributed by atoms with van der Waals surface area (Å²) < 4.78 is 0.494. The summed E-state index contributed by atoms with van der Waals surface area (Å²) in [6, 6.07) is 4.04. The number of non-ortho nitro benzene ring substituents is 1. The lowest BCUT2D eigenvalue weighted by Gasteiger charge is -2.29. The third-order valence-electron chi connectivity index (χ3n) is 3.86. The predicted octanol–water partition coefficient (Wildman–Crippen LogP) is 2.89. The number of amides is 1. The molecule has 0 atom stereocenters. The van der Waals surface area contributed by atoms with E-state index >= 15 is 0 Å². The number of halogens is 1. The van der Waals surface area contributed by atoms with Crippen LogP contribution in [-0.2, 0) is 0 Å². The normalized spacial score (nSPS) is 11.2. The summed E-state index contributed by atoms with van der Waals surface area (Å²) in [4.78, 5) is 22.4. The molecule has 2 N–H and O–H groups in total. The molecule has 0 saturated carbocycles. The van der Waals surface area contributed by atoms with Gasteiger partial charge >= 0.3 is 0 Å². The lowest BCUT2D eigenvalue weighted by atomic mass is 9.83. The van der Waals surface area contributed by atoms with E-state index < -0.39 is 10.8 Å². The van der Waals surface area contributed by atoms with Crippen LogP contribution in [0.3, 0.4) is 0 Å². The Labute approximate surface area is 131 Å². The molecular formula is C14H19BrN2O4. The van der Waals surface area contributed by atoms with Gasteiger partial charge in [0.25, 0.3) is 11.6 Å². The average Bonchev–Trinajstić information content (AvgIpc) is 2.49. The fourth-order valence-electron chi connectivity index (χ4n) is 1.94. The fraction of sp³-hybridized carbons (Fsp3) is 0.500. The molecule has 0 bridgehead atoms. The zero-order chi connectivity index (χ0) is 16.0. The van der Waals surface area contributed by atoms with Crippen molar-refractivity contribution < 1.29 is 14.8 Å². The molecule has 0 saturated heterocycles. The van der Waals surface area contributed by atoms with E-state index in [0.29, 0.717) is 11.0 Å². The molecule has 6 nitrogen and oxygen atoms in total. The molecule has 0 fully saturated rings. The number of nitro groups is 1. The Kier molecular flexibility index (Phi) is 6.29. The quantitative estimate of drug-likeness (QED) is 0.578.